The van der Waals surface area contributed by atoms with Gasteiger partial charge in [0.05, 0.1) is 6.42 Å². The van der Waals surface area contributed by atoms with Crippen molar-refractivity contribution < 1.29 is 9.32 Å². The molecule has 0 spiro atoms. The van der Waals surface area contributed by atoms with E-state index in [2.05, 4.69) is 15.5 Å². The molecule has 3 rings (SSSR count). The number of carbonyl (C=O) groups excluding carboxylic acids is 1. The van der Waals surface area contributed by atoms with Crippen molar-refractivity contribution in [2.24, 2.45) is 11.1 Å². The highest BCUT2D eigenvalue weighted by Crippen LogP contribution is 2.38. The first-order valence-corrected chi connectivity index (χ1v) is 9.50. The van der Waals surface area contributed by atoms with E-state index in [-0.39, 0.29) is 30.2 Å². The Morgan fingerprint density at radius 3 is 2.52 bits per heavy atom. The molecule has 1 amide bonds. The molecule has 0 bridgehead atoms. The van der Waals surface area contributed by atoms with Crippen LogP contribution in [-0.4, -0.2) is 28.6 Å². The number of nitrogens with two attached hydrogens (primary N) is 1. The third-order valence-corrected chi connectivity index (χ3v) is 5.67. The van der Waals surface area contributed by atoms with E-state index >= 15 is 0 Å². The van der Waals surface area contributed by atoms with Gasteiger partial charge in [-0.1, -0.05) is 43.7 Å². The zero-order valence-electron chi connectivity index (χ0n) is 15.0. The van der Waals surface area contributed by atoms with Gasteiger partial charge in [0.1, 0.15) is 0 Å². The largest absolute Gasteiger partial charge is 0.353 e. The molecule has 0 atom stereocenters. The van der Waals surface area contributed by atoms with Crippen LogP contribution in [0.1, 0.15) is 75.9 Å². The number of hydrogen-bond donors (Lipinski definition) is 2. The Balaban J connectivity index is 0.00000225. The molecule has 0 aliphatic heterocycles. The Labute approximate surface area is 156 Å². The quantitative estimate of drug-likeness (QED) is 0.802. The lowest BCUT2D eigenvalue weighted by atomic mass is 9.72. The zero-order chi connectivity index (χ0) is 16.8. The summed E-state index contributed by atoms with van der Waals surface area (Å²) >= 11 is 0. The normalized spacial score (nSPS) is 20.7. The van der Waals surface area contributed by atoms with Crippen molar-refractivity contribution in [1.82, 2.24) is 15.5 Å². The van der Waals surface area contributed by atoms with Crippen molar-refractivity contribution in [3.63, 3.8) is 0 Å². The molecule has 2 saturated carbocycles. The molecule has 6 nitrogen and oxygen atoms in total. The van der Waals surface area contributed by atoms with Gasteiger partial charge in [-0.2, -0.15) is 4.98 Å². The van der Waals surface area contributed by atoms with E-state index in [9.17, 15) is 4.79 Å². The van der Waals surface area contributed by atoms with Crippen LogP contribution >= 0.6 is 12.4 Å². The van der Waals surface area contributed by atoms with E-state index in [1.165, 1.54) is 38.5 Å². The first-order valence-electron chi connectivity index (χ1n) is 9.50. The predicted octanol–water partition coefficient (Wildman–Crippen LogP) is 2.93. The van der Waals surface area contributed by atoms with Gasteiger partial charge in [-0.15, -0.1) is 12.4 Å². The second kappa shape index (κ2) is 9.53. The van der Waals surface area contributed by atoms with E-state index in [1.54, 1.807) is 0 Å². The van der Waals surface area contributed by atoms with Gasteiger partial charge in [0.2, 0.25) is 11.8 Å². The van der Waals surface area contributed by atoms with Crippen LogP contribution in [0.5, 0.6) is 0 Å². The Hall–Kier alpha value is -1.14. The molecule has 1 heterocycles. The number of rotatable bonds is 6. The van der Waals surface area contributed by atoms with Crippen molar-refractivity contribution in [1.29, 1.82) is 0 Å². The second-order valence-corrected chi connectivity index (χ2v) is 7.63. The Bertz CT molecular complexity index is 537. The van der Waals surface area contributed by atoms with Crippen LogP contribution in [-0.2, 0) is 17.6 Å². The molecular formula is C18H31ClN4O2. The van der Waals surface area contributed by atoms with Gasteiger partial charge < -0.3 is 15.6 Å². The molecule has 142 valence electrons. The summed E-state index contributed by atoms with van der Waals surface area (Å²) in [6.07, 6.45) is 12.8. The fraction of sp³-hybridized carbons (Fsp3) is 0.833. The summed E-state index contributed by atoms with van der Waals surface area (Å²) in [6, 6.07) is 0.320. The van der Waals surface area contributed by atoms with Crippen molar-refractivity contribution in [3.05, 3.63) is 11.7 Å². The van der Waals surface area contributed by atoms with Crippen LogP contribution < -0.4 is 11.1 Å². The average Bonchev–Trinajstić information content (AvgIpc) is 3.03. The lowest BCUT2D eigenvalue weighted by Crippen LogP contribution is -2.37. The van der Waals surface area contributed by atoms with Crippen LogP contribution in [0.2, 0.25) is 0 Å². The minimum Gasteiger partial charge on any atom is -0.353 e. The SMILES string of the molecule is Cl.NCC1(Cc2nc(CC(=O)NC3CCCCC3)no2)CCCCC1. The Kier molecular flexibility index (Phi) is 7.69. The minimum absolute atomic E-state index is 0. The monoisotopic (exact) mass is 370 g/mol. The maximum absolute atomic E-state index is 12.1. The second-order valence-electron chi connectivity index (χ2n) is 7.63. The summed E-state index contributed by atoms with van der Waals surface area (Å²) in [5.41, 5.74) is 6.13. The molecule has 7 heteroatoms. The number of carbonyl (C=O) groups is 1. The molecule has 0 radical (unpaired) electrons. The summed E-state index contributed by atoms with van der Waals surface area (Å²) in [7, 11) is 0. The fourth-order valence-corrected chi connectivity index (χ4v) is 4.18. The summed E-state index contributed by atoms with van der Waals surface area (Å²) in [5, 5.41) is 7.09. The van der Waals surface area contributed by atoms with Crippen LogP contribution in [0.3, 0.4) is 0 Å². The molecule has 3 N–H and O–H groups in total. The predicted molar refractivity (Wildman–Crippen MR) is 98.5 cm³/mol. The highest BCUT2D eigenvalue weighted by molar-refractivity contribution is 5.85. The molecule has 2 fully saturated rings. The summed E-state index contributed by atoms with van der Waals surface area (Å²) < 4.78 is 5.39. The molecule has 1 aromatic heterocycles. The number of hydrogen-bond acceptors (Lipinski definition) is 5. The van der Waals surface area contributed by atoms with Gasteiger partial charge in [-0.05, 0) is 37.6 Å². The van der Waals surface area contributed by atoms with Gasteiger partial charge >= 0.3 is 0 Å². The highest BCUT2D eigenvalue weighted by Gasteiger charge is 2.33. The molecule has 0 aromatic carbocycles. The molecule has 0 saturated heterocycles. The molecule has 1 aromatic rings. The van der Waals surface area contributed by atoms with Gasteiger partial charge in [0, 0.05) is 12.5 Å². The maximum Gasteiger partial charge on any atom is 0.228 e. The van der Waals surface area contributed by atoms with E-state index in [4.69, 9.17) is 10.3 Å². The van der Waals surface area contributed by atoms with Gasteiger partial charge in [-0.25, -0.2) is 0 Å². The summed E-state index contributed by atoms with van der Waals surface area (Å²) in [5.74, 6) is 1.12. The zero-order valence-corrected chi connectivity index (χ0v) is 15.8. The lowest BCUT2D eigenvalue weighted by molar-refractivity contribution is -0.121. The van der Waals surface area contributed by atoms with Gasteiger partial charge in [-0.3, -0.25) is 4.79 Å². The van der Waals surface area contributed by atoms with Crippen molar-refractivity contribution in [2.45, 2.75) is 83.1 Å². The summed E-state index contributed by atoms with van der Waals surface area (Å²) in [6.45, 7) is 0.660. The molecule has 25 heavy (non-hydrogen) atoms. The van der Waals surface area contributed by atoms with Crippen LogP contribution in [0.25, 0.3) is 0 Å². The van der Waals surface area contributed by atoms with Crippen molar-refractivity contribution in [2.75, 3.05) is 6.54 Å². The minimum atomic E-state index is 0. The maximum atomic E-state index is 12.1. The lowest BCUT2D eigenvalue weighted by Gasteiger charge is -2.34. The van der Waals surface area contributed by atoms with Crippen molar-refractivity contribution in [3.8, 4) is 0 Å². The number of aromatic nitrogens is 2. The topological polar surface area (TPSA) is 94.0 Å². The smallest absolute Gasteiger partial charge is 0.228 e. The van der Waals surface area contributed by atoms with Crippen LogP contribution in [0.4, 0.5) is 0 Å². The number of nitrogens with one attached hydrogen (secondary N) is 1. The van der Waals surface area contributed by atoms with E-state index in [0.717, 1.165) is 32.1 Å². The number of amides is 1. The third-order valence-electron chi connectivity index (χ3n) is 5.67. The summed E-state index contributed by atoms with van der Waals surface area (Å²) in [4.78, 5) is 16.6. The third kappa shape index (κ3) is 5.68. The molecule has 0 unspecified atom stereocenters. The van der Waals surface area contributed by atoms with E-state index < -0.39 is 0 Å². The van der Waals surface area contributed by atoms with Crippen LogP contribution in [0, 0.1) is 5.41 Å². The molecular weight excluding hydrogens is 340 g/mol. The van der Waals surface area contributed by atoms with E-state index in [1.807, 2.05) is 0 Å². The molecule has 2 aliphatic carbocycles. The highest BCUT2D eigenvalue weighted by atomic mass is 35.5. The standard InChI is InChI=1S/C18H30N4O2.ClH/c19-13-18(9-5-2-6-10-18)12-17-21-15(22-24-17)11-16(23)20-14-7-3-1-4-8-14;/h14H,1-13,19H2,(H,20,23);1H. The van der Waals surface area contributed by atoms with Gasteiger partial charge in [0.15, 0.2) is 5.82 Å². The number of halogens is 1. The Morgan fingerprint density at radius 2 is 1.84 bits per heavy atom. The fourth-order valence-electron chi connectivity index (χ4n) is 4.18. The Morgan fingerprint density at radius 1 is 1.16 bits per heavy atom. The molecule has 2 aliphatic rings. The average molecular weight is 371 g/mol. The number of nitrogens with zero attached hydrogens (tertiary/aromatic N) is 2. The van der Waals surface area contributed by atoms with E-state index in [0.29, 0.717) is 24.3 Å². The first-order chi connectivity index (χ1) is 11.7. The first kappa shape index (κ1) is 20.2. The van der Waals surface area contributed by atoms with Gasteiger partial charge in [0.25, 0.3) is 0 Å². The van der Waals surface area contributed by atoms with Crippen molar-refractivity contribution >= 4 is 18.3 Å². The van der Waals surface area contributed by atoms with Crippen LogP contribution in [0.15, 0.2) is 4.52 Å².